The second-order valence-corrected chi connectivity index (χ2v) is 8.12. The number of para-hydroxylation sites is 1. The van der Waals surface area contributed by atoms with E-state index in [0.717, 1.165) is 28.0 Å². The number of pyridine rings is 2. The Morgan fingerprint density at radius 2 is 1.72 bits per heavy atom. The number of aromatic nitrogens is 2. The van der Waals surface area contributed by atoms with Gasteiger partial charge in [-0.15, -0.1) is 0 Å². The Balaban J connectivity index is 1.42. The van der Waals surface area contributed by atoms with Crippen LogP contribution in [0.1, 0.15) is 15.9 Å². The molecule has 0 aliphatic heterocycles. The average molecular weight is 474 g/mol. The van der Waals surface area contributed by atoms with E-state index in [9.17, 15) is 9.90 Å². The lowest BCUT2D eigenvalue weighted by Crippen LogP contribution is -2.00. The molecule has 0 bridgehead atoms. The van der Waals surface area contributed by atoms with Gasteiger partial charge in [0.05, 0.1) is 7.11 Å². The summed E-state index contributed by atoms with van der Waals surface area (Å²) in [6, 6.07) is 27.8. The predicted molar refractivity (Wildman–Crippen MR) is 143 cm³/mol. The molecule has 0 saturated heterocycles. The summed E-state index contributed by atoms with van der Waals surface area (Å²) in [7, 11) is 1.64. The zero-order valence-corrected chi connectivity index (χ0v) is 19.6. The number of methoxy groups -OCH3 is 1. The van der Waals surface area contributed by atoms with E-state index in [1.807, 2.05) is 48.5 Å². The lowest BCUT2D eigenvalue weighted by Gasteiger charge is -2.13. The first kappa shape index (κ1) is 22.8. The monoisotopic (exact) mass is 473 g/mol. The number of phenolic OH excluding ortho intramolecular Hbond substituents is 1. The molecule has 176 valence electrons. The third kappa shape index (κ3) is 4.93. The Morgan fingerprint density at radius 1 is 0.944 bits per heavy atom. The van der Waals surface area contributed by atoms with Crippen molar-refractivity contribution in [1.82, 2.24) is 9.97 Å². The van der Waals surface area contributed by atoms with Crippen LogP contribution in [0, 0.1) is 0 Å². The molecule has 0 unspecified atom stereocenters. The maximum Gasteiger partial charge on any atom is 0.185 e. The Morgan fingerprint density at radius 3 is 2.47 bits per heavy atom. The highest BCUT2D eigenvalue weighted by Gasteiger charge is 2.11. The second-order valence-electron chi connectivity index (χ2n) is 8.12. The van der Waals surface area contributed by atoms with E-state index < -0.39 is 0 Å². The quantitative estimate of drug-likeness (QED) is 0.203. The summed E-state index contributed by atoms with van der Waals surface area (Å²) in [6.45, 7) is 0. The number of nitrogens with one attached hydrogen (secondary N) is 1. The number of ketones is 1. The summed E-state index contributed by atoms with van der Waals surface area (Å²) in [6.07, 6.45) is 4.78. The Kier molecular flexibility index (Phi) is 6.40. The number of nitrogens with zero attached hydrogens (tertiary/aromatic N) is 2. The highest BCUT2D eigenvalue weighted by atomic mass is 16.5. The minimum absolute atomic E-state index is 0.131. The third-order valence-corrected chi connectivity index (χ3v) is 5.77. The van der Waals surface area contributed by atoms with Crippen molar-refractivity contribution in [2.45, 2.75) is 0 Å². The molecule has 0 amide bonds. The SMILES string of the molecule is COc1ccc(-c2cc3cccnc3nc2Nc2ccc(C(=O)/C=C/c3ccccc3O)cc2)cc1. The number of hydrogen-bond acceptors (Lipinski definition) is 6. The van der Waals surface area contributed by atoms with Gasteiger partial charge >= 0.3 is 0 Å². The fraction of sp³-hybridized carbons (Fsp3) is 0.0333. The van der Waals surface area contributed by atoms with Crippen molar-refractivity contribution >= 4 is 34.4 Å². The first-order chi connectivity index (χ1) is 17.6. The molecule has 2 N–H and O–H groups in total. The smallest absolute Gasteiger partial charge is 0.185 e. The van der Waals surface area contributed by atoms with Crippen molar-refractivity contribution in [2.75, 3.05) is 12.4 Å². The lowest BCUT2D eigenvalue weighted by atomic mass is 10.0. The van der Waals surface area contributed by atoms with Crippen molar-refractivity contribution < 1.29 is 14.6 Å². The molecule has 5 aromatic rings. The van der Waals surface area contributed by atoms with Crippen LogP contribution in [0.2, 0.25) is 0 Å². The first-order valence-electron chi connectivity index (χ1n) is 11.4. The van der Waals surface area contributed by atoms with Gasteiger partial charge in [0.15, 0.2) is 11.4 Å². The number of phenols is 1. The van der Waals surface area contributed by atoms with Crippen molar-refractivity contribution in [3.63, 3.8) is 0 Å². The molecule has 5 rings (SSSR count). The van der Waals surface area contributed by atoms with E-state index in [2.05, 4.69) is 16.4 Å². The average Bonchev–Trinajstić information content (AvgIpc) is 2.92. The van der Waals surface area contributed by atoms with Crippen molar-refractivity contribution in [3.05, 3.63) is 114 Å². The minimum Gasteiger partial charge on any atom is -0.507 e. The number of benzene rings is 3. The van der Waals surface area contributed by atoms with Gasteiger partial charge in [-0.3, -0.25) is 4.79 Å². The largest absolute Gasteiger partial charge is 0.507 e. The topological polar surface area (TPSA) is 84.3 Å². The van der Waals surface area contributed by atoms with Gasteiger partial charge in [0.2, 0.25) is 0 Å². The van der Waals surface area contributed by atoms with Gasteiger partial charge in [-0.1, -0.05) is 30.3 Å². The standard InChI is InChI=1S/C30H23N3O3/c1-36-25-15-10-20(11-16-25)26-19-23-6-4-18-31-29(23)33-30(26)32-24-13-8-22(9-14-24)28(35)17-12-21-5-2-3-7-27(21)34/h2-19,34H,1H3,(H,31,32,33)/b17-12+. The normalized spacial score (nSPS) is 11.0. The highest BCUT2D eigenvalue weighted by molar-refractivity contribution is 6.07. The number of fused-ring (bicyclic) bond motifs is 1. The van der Waals surface area contributed by atoms with Crippen LogP contribution in [0.25, 0.3) is 28.2 Å². The van der Waals surface area contributed by atoms with E-state index in [1.54, 1.807) is 55.8 Å². The van der Waals surface area contributed by atoms with E-state index >= 15 is 0 Å². The molecule has 0 radical (unpaired) electrons. The fourth-order valence-electron chi connectivity index (χ4n) is 3.84. The molecule has 6 nitrogen and oxygen atoms in total. The summed E-state index contributed by atoms with van der Waals surface area (Å²) < 4.78 is 5.29. The van der Waals surface area contributed by atoms with Crippen molar-refractivity contribution in [1.29, 1.82) is 0 Å². The number of aromatic hydroxyl groups is 1. The number of rotatable bonds is 7. The zero-order chi connectivity index (χ0) is 24.9. The maximum atomic E-state index is 12.6. The molecule has 0 saturated carbocycles. The minimum atomic E-state index is -0.156. The molecular weight excluding hydrogens is 450 g/mol. The molecule has 2 heterocycles. The predicted octanol–water partition coefficient (Wildman–Crippen LogP) is 6.65. The summed E-state index contributed by atoms with van der Waals surface area (Å²) in [5, 5.41) is 14.2. The number of carbonyl (C=O) groups excluding carboxylic acids is 1. The Bertz CT molecular complexity index is 1560. The molecule has 0 spiro atoms. The van der Waals surface area contributed by atoms with Gasteiger partial charge in [0, 0.05) is 34.0 Å². The van der Waals surface area contributed by atoms with E-state index in [-0.39, 0.29) is 11.5 Å². The Labute approximate surface area is 208 Å². The molecule has 3 aromatic carbocycles. The van der Waals surface area contributed by atoms with Gasteiger partial charge in [-0.25, -0.2) is 9.97 Å². The first-order valence-corrected chi connectivity index (χ1v) is 11.4. The van der Waals surface area contributed by atoms with Crippen LogP contribution in [-0.4, -0.2) is 28.0 Å². The van der Waals surface area contributed by atoms with E-state index in [4.69, 9.17) is 9.72 Å². The fourth-order valence-corrected chi connectivity index (χ4v) is 3.84. The van der Waals surface area contributed by atoms with E-state index in [1.165, 1.54) is 6.08 Å². The number of anilines is 2. The molecule has 0 fully saturated rings. The number of hydrogen-bond donors (Lipinski definition) is 2. The molecule has 0 aliphatic rings. The molecule has 36 heavy (non-hydrogen) atoms. The summed E-state index contributed by atoms with van der Waals surface area (Å²) >= 11 is 0. The van der Waals surface area contributed by atoms with Crippen LogP contribution < -0.4 is 10.1 Å². The van der Waals surface area contributed by atoms with Gasteiger partial charge < -0.3 is 15.2 Å². The van der Waals surface area contributed by atoms with Gasteiger partial charge in [0.25, 0.3) is 0 Å². The molecular formula is C30H23N3O3. The van der Waals surface area contributed by atoms with E-state index in [0.29, 0.717) is 22.6 Å². The van der Waals surface area contributed by atoms with Crippen molar-refractivity contribution in [2.24, 2.45) is 0 Å². The summed E-state index contributed by atoms with van der Waals surface area (Å²) in [4.78, 5) is 21.8. The summed E-state index contributed by atoms with van der Waals surface area (Å²) in [5.41, 5.74) is 4.45. The van der Waals surface area contributed by atoms with Crippen LogP contribution >= 0.6 is 0 Å². The van der Waals surface area contributed by atoms with Gasteiger partial charge in [0.1, 0.15) is 17.3 Å². The van der Waals surface area contributed by atoms with Crippen LogP contribution in [0.4, 0.5) is 11.5 Å². The highest BCUT2D eigenvalue weighted by Crippen LogP contribution is 2.32. The van der Waals surface area contributed by atoms with Crippen LogP contribution in [0.5, 0.6) is 11.5 Å². The second kappa shape index (κ2) is 10.1. The van der Waals surface area contributed by atoms with Crippen LogP contribution in [-0.2, 0) is 0 Å². The summed E-state index contributed by atoms with van der Waals surface area (Å²) in [5.74, 6) is 1.41. The van der Waals surface area contributed by atoms with Gasteiger partial charge in [-0.05, 0) is 78.4 Å². The van der Waals surface area contributed by atoms with Crippen molar-refractivity contribution in [3.8, 4) is 22.6 Å². The van der Waals surface area contributed by atoms with Crippen LogP contribution in [0.3, 0.4) is 0 Å². The molecule has 6 heteroatoms. The number of carbonyl (C=O) groups is 1. The zero-order valence-electron chi connectivity index (χ0n) is 19.6. The Hall–Kier alpha value is -4.97. The molecule has 0 atom stereocenters. The number of ether oxygens (including phenoxy) is 1. The van der Waals surface area contributed by atoms with Crippen LogP contribution in [0.15, 0.2) is 103 Å². The third-order valence-electron chi connectivity index (χ3n) is 5.77. The number of allylic oxidation sites excluding steroid dienone is 1. The molecule has 0 aliphatic carbocycles. The lowest BCUT2D eigenvalue weighted by molar-refractivity contribution is 0.104. The molecule has 2 aromatic heterocycles. The maximum absolute atomic E-state index is 12.6. The van der Waals surface area contributed by atoms with Gasteiger partial charge in [-0.2, -0.15) is 0 Å².